The maximum atomic E-state index is 12.5. The fraction of sp³-hybridized carbons (Fsp3) is 0.273. The van der Waals surface area contributed by atoms with Gasteiger partial charge in [-0.1, -0.05) is 0 Å². The van der Waals surface area contributed by atoms with E-state index in [0.717, 1.165) is 0 Å². The van der Waals surface area contributed by atoms with Gasteiger partial charge in [-0.3, -0.25) is 4.79 Å². The van der Waals surface area contributed by atoms with Gasteiger partial charge in [-0.15, -0.1) is 0 Å². The number of hydrogen-bond donors (Lipinski definition) is 0. The molecule has 0 fully saturated rings. The van der Waals surface area contributed by atoms with Crippen LogP contribution in [0.4, 0.5) is 8.78 Å². The smallest absolute Gasteiger partial charge is 0.265 e. The number of benzene rings is 1. The van der Waals surface area contributed by atoms with Crippen molar-refractivity contribution >= 4 is 5.78 Å². The van der Waals surface area contributed by atoms with Crippen LogP contribution < -0.4 is 0 Å². The normalized spacial score (nSPS) is 10.1. The van der Waals surface area contributed by atoms with Gasteiger partial charge in [0.1, 0.15) is 0 Å². The molecule has 0 aromatic heterocycles. The number of hydrogen-bond acceptors (Lipinski definition) is 2. The highest BCUT2D eigenvalue weighted by Gasteiger charge is 2.16. The van der Waals surface area contributed by atoms with Gasteiger partial charge in [-0.05, 0) is 31.5 Å². The van der Waals surface area contributed by atoms with Crippen molar-refractivity contribution in [1.82, 2.24) is 0 Å². The molecule has 0 saturated carbocycles. The van der Waals surface area contributed by atoms with E-state index in [1.165, 1.54) is 19.1 Å². The monoisotopic (exact) mass is 209 g/mol. The second-order valence-electron chi connectivity index (χ2n) is 3.22. The van der Waals surface area contributed by atoms with Gasteiger partial charge in [0, 0.05) is 11.1 Å². The molecule has 0 saturated heterocycles. The van der Waals surface area contributed by atoms with Crippen molar-refractivity contribution in [3.63, 3.8) is 0 Å². The van der Waals surface area contributed by atoms with Crippen molar-refractivity contribution in [2.75, 3.05) is 0 Å². The first-order chi connectivity index (χ1) is 6.97. The number of nitriles is 1. The van der Waals surface area contributed by atoms with Crippen molar-refractivity contribution in [2.45, 2.75) is 20.3 Å². The summed E-state index contributed by atoms with van der Waals surface area (Å²) in [5, 5.41) is 8.67. The summed E-state index contributed by atoms with van der Waals surface area (Å²) in [6, 6.07) is 4.08. The van der Waals surface area contributed by atoms with E-state index in [1.807, 2.05) is 0 Å². The fourth-order valence-corrected chi connectivity index (χ4v) is 1.39. The fourth-order valence-electron chi connectivity index (χ4n) is 1.39. The van der Waals surface area contributed by atoms with Crippen LogP contribution in [0, 0.1) is 18.3 Å². The summed E-state index contributed by atoms with van der Waals surface area (Å²) in [5.41, 5.74) is 0.327. The maximum Gasteiger partial charge on any atom is 0.265 e. The standard InChI is InChI=1S/C11H9F2NO/c1-6-3-10(11(12)13)8(5-14)4-9(6)7(2)15/h3-4,11H,1-2H3. The topological polar surface area (TPSA) is 40.9 Å². The van der Waals surface area contributed by atoms with E-state index in [2.05, 4.69) is 0 Å². The first kappa shape index (κ1) is 11.3. The van der Waals surface area contributed by atoms with Crippen LogP contribution in [0.25, 0.3) is 0 Å². The molecular formula is C11H9F2NO. The number of rotatable bonds is 2. The zero-order valence-corrected chi connectivity index (χ0v) is 8.34. The minimum absolute atomic E-state index is 0.138. The third-order valence-corrected chi connectivity index (χ3v) is 2.13. The van der Waals surface area contributed by atoms with E-state index >= 15 is 0 Å². The summed E-state index contributed by atoms with van der Waals surface area (Å²) in [6.45, 7) is 2.91. The average molecular weight is 209 g/mol. The molecule has 0 aliphatic rings. The molecule has 0 aliphatic carbocycles. The van der Waals surface area contributed by atoms with Gasteiger partial charge in [0.25, 0.3) is 6.43 Å². The van der Waals surface area contributed by atoms with Crippen molar-refractivity contribution in [1.29, 1.82) is 5.26 Å². The largest absolute Gasteiger partial charge is 0.295 e. The Labute approximate surface area is 86.1 Å². The van der Waals surface area contributed by atoms with Crippen LogP contribution in [-0.4, -0.2) is 5.78 Å². The first-order valence-corrected chi connectivity index (χ1v) is 4.31. The molecule has 78 valence electrons. The van der Waals surface area contributed by atoms with Gasteiger partial charge in [-0.25, -0.2) is 8.78 Å². The van der Waals surface area contributed by atoms with Crippen molar-refractivity contribution in [3.05, 3.63) is 34.4 Å². The number of nitrogens with zero attached hydrogens (tertiary/aromatic N) is 1. The van der Waals surface area contributed by atoms with Gasteiger partial charge in [-0.2, -0.15) is 5.26 Å². The second kappa shape index (κ2) is 4.18. The Morgan fingerprint density at radius 1 is 1.47 bits per heavy atom. The zero-order valence-electron chi connectivity index (χ0n) is 8.34. The summed E-state index contributed by atoms with van der Waals surface area (Å²) < 4.78 is 25.0. The minimum Gasteiger partial charge on any atom is -0.295 e. The molecule has 0 unspecified atom stereocenters. The molecule has 0 spiro atoms. The third-order valence-electron chi connectivity index (χ3n) is 2.13. The highest BCUT2D eigenvalue weighted by molar-refractivity contribution is 5.96. The van der Waals surface area contributed by atoms with Gasteiger partial charge >= 0.3 is 0 Å². The SMILES string of the molecule is CC(=O)c1cc(C#N)c(C(F)F)cc1C. The lowest BCUT2D eigenvalue weighted by Crippen LogP contribution is -2.01. The average Bonchev–Trinajstić information content (AvgIpc) is 2.16. The summed E-state index contributed by atoms with van der Waals surface area (Å²) >= 11 is 0. The van der Waals surface area contributed by atoms with E-state index in [-0.39, 0.29) is 16.9 Å². The predicted molar refractivity (Wildman–Crippen MR) is 50.9 cm³/mol. The molecule has 0 bridgehead atoms. The summed E-state index contributed by atoms with van der Waals surface area (Å²) in [7, 11) is 0. The van der Waals surface area contributed by atoms with Crippen LogP contribution in [0.5, 0.6) is 0 Å². The highest BCUT2D eigenvalue weighted by atomic mass is 19.3. The van der Waals surface area contributed by atoms with Crippen LogP contribution >= 0.6 is 0 Å². The quantitative estimate of drug-likeness (QED) is 0.702. The predicted octanol–water partition coefficient (Wildman–Crippen LogP) is 3.01. The lowest BCUT2D eigenvalue weighted by molar-refractivity contribution is 0.101. The first-order valence-electron chi connectivity index (χ1n) is 4.31. The maximum absolute atomic E-state index is 12.5. The molecule has 0 atom stereocenters. The van der Waals surface area contributed by atoms with Crippen molar-refractivity contribution < 1.29 is 13.6 Å². The summed E-state index contributed by atoms with van der Waals surface area (Å²) in [6.07, 6.45) is -2.70. The number of aryl methyl sites for hydroxylation is 1. The number of carbonyl (C=O) groups excluding carboxylic acids is 1. The molecular weight excluding hydrogens is 200 g/mol. The van der Waals surface area contributed by atoms with Crippen LogP contribution in [0.2, 0.25) is 0 Å². The van der Waals surface area contributed by atoms with E-state index in [9.17, 15) is 13.6 Å². The lowest BCUT2D eigenvalue weighted by Gasteiger charge is -2.07. The molecule has 2 nitrogen and oxygen atoms in total. The Bertz CT molecular complexity index is 447. The number of ketones is 1. The molecule has 0 radical (unpaired) electrons. The van der Waals surface area contributed by atoms with Gasteiger partial charge < -0.3 is 0 Å². The Hall–Kier alpha value is -1.76. The Morgan fingerprint density at radius 2 is 2.07 bits per heavy atom. The molecule has 0 amide bonds. The minimum atomic E-state index is -2.70. The van der Waals surface area contributed by atoms with Crippen LogP contribution in [-0.2, 0) is 0 Å². The van der Waals surface area contributed by atoms with Crippen molar-refractivity contribution in [2.24, 2.45) is 0 Å². The second-order valence-corrected chi connectivity index (χ2v) is 3.22. The zero-order chi connectivity index (χ0) is 11.6. The lowest BCUT2D eigenvalue weighted by atomic mass is 9.98. The summed E-state index contributed by atoms with van der Waals surface area (Å²) in [4.78, 5) is 11.1. The summed E-state index contributed by atoms with van der Waals surface area (Å²) in [5.74, 6) is -0.232. The van der Waals surface area contributed by atoms with Crippen LogP contribution in [0.3, 0.4) is 0 Å². The van der Waals surface area contributed by atoms with Crippen LogP contribution in [0.15, 0.2) is 12.1 Å². The molecule has 4 heteroatoms. The van der Waals surface area contributed by atoms with Crippen LogP contribution in [0.1, 0.15) is 40.4 Å². The molecule has 0 heterocycles. The molecule has 1 aromatic carbocycles. The van der Waals surface area contributed by atoms with Gasteiger partial charge in [0.05, 0.1) is 11.6 Å². The van der Waals surface area contributed by atoms with E-state index in [4.69, 9.17) is 5.26 Å². The number of halogens is 2. The highest BCUT2D eigenvalue weighted by Crippen LogP contribution is 2.25. The molecule has 15 heavy (non-hydrogen) atoms. The number of Topliss-reactive ketones (excluding diaryl/α,β-unsaturated/α-hetero) is 1. The number of alkyl halides is 2. The van der Waals surface area contributed by atoms with Gasteiger partial charge in [0.15, 0.2) is 5.78 Å². The molecule has 1 aromatic rings. The third kappa shape index (κ3) is 2.18. The van der Waals surface area contributed by atoms with E-state index in [1.54, 1.807) is 13.0 Å². The number of carbonyl (C=O) groups is 1. The Balaban J connectivity index is 3.44. The Kier molecular flexibility index (Phi) is 3.15. The molecule has 0 N–H and O–H groups in total. The van der Waals surface area contributed by atoms with E-state index in [0.29, 0.717) is 11.1 Å². The van der Waals surface area contributed by atoms with Crippen molar-refractivity contribution in [3.8, 4) is 6.07 Å². The Morgan fingerprint density at radius 3 is 2.47 bits per heavy atom. The molecule has 1 rings (SSSR count). The van der Waals surface area contributed by atoms with Gasteiger partial charge in [0.2, 0.25) is 0 Å². The molecule has 0 aliphatic heterocycles. The van der Waals surface area contributed by atoms with E-state index < -0.39 is 6.43 Å².